The van der Waals surface area contributed by atoms with Crippen molar-refractivity contribution in [1.82, 2.24) is 0 Å². The number of hydrogen-bond donors (Lipinski definition) is 2. The lowest BCUT2D eigenvalue weighted by molar-refractivity contribution is -0.0208. The van der Waals surface area contributed by atoms with Crippen molar-refractivity contribution in [1.29, 1.82) is 0 Å². The molecule has 0 amide bonds. The van der Waals surface area contributed by atoms with E-state index in [0.717, 1.165) is 18.8 Å². The van der Waals surface area contributed by atoms with Crippen LogP contribution in [0.2, 0.25) is 0 Å². The summed E-state index contributed by atoms with van der Waals surface area (Å²) in [6, 6.07) is 5.96. The van der Waals surface area contributed by atoms with Crippen molar-refractivity contribution in [2.24, 2.45) is 17.3 Å². The Balaban J connectivity index is 1.71. The Morgan fingerprint density at radius 2 is 2.10 bits per heavy atom. The highest BCUT2D eigenvalue weighted by Gasteiger charge is 2.57. The molecule has 2 nitrogen and oxygen atoms in total. The van der Waals surface area contributed by atoms with Gasteiger partial charge in [0.05, 0.1) is 6.10 Å². The van der Waals surface area contributed by atoms with Crippen molar-refractivity contribution in [3.63, 3.8) is 0 Å². The third-order valence-corrected chi connectivity index (χ3v) is 7.83. The number of aliphatic hydroxyl groups is 1. The summed E-state index contributed by atoms with van der Waals surface area (Å²) in [4.78, 5) is 0. The van der Waals surface area contributed by atoms with E-state index < -0.39 is 0 Å². The molecule has 1 aromatic rings. The predicted molar refractivity (Wildman–Crippen MR) is 91.9 cm³/mol. The monoisotopic (exact) mass is 398 g/mol. The van der Waals surface area contributed by atoms with Gasteiger partial charge >= 0.3 is 0 Å². The van der Waals surface area contributed by atoms with Crippen molar-refractivity contribution in [2.45, 2.75) is 55.0 Å². The molecule has 2 N–H and O–H groups in total. The number of rotatable bonds is 0. The second kappa shape index (κ2) is 4.85. The number of aryl methyl sites for hydroxylation is 1. The zero-order valence-corrected chi connectivity index (χ0v) is 14.6. The topological polar surface area (TPSA) is 40.5 Å². The Bertz CT molecular complexity index is 572. The second-order valence-corrected chi connectivity index (χ2v) is 9.14. The molecule has 0 aromatic heterocycles. The van der Waals surface area contributed by atoms with Crippen molar-refractivity contribution in [3.8, 4) is 5.75 Å². The van der Waals surface area contributed by atoms with Gasteiger partial charge < -0.3 is 10.2 Å². The summed E-state index contributed by atoms with van der Waals surface area (Å²) in [5.41, 5.74) is 2.95. The number of aromatic hydroxyl groups is 1. The second-order valence-electron chi connectivity index (χ2n) is 7.54. The molecule has 0 bridgehead atoms. The highest BCUT2D eigenvalue weighted by molar-refractivity contribution is 14.1. The van der Waals surface area contributed by atoms with E-state index in [9.17, 15) is 10.2 Å². The highest BCUT2D eigenvalue weighted by Crippen LogP contribution is 2.62. The van der Waals surface area contributed by atoms with Gasteiger partial charge in [-0.05, 0) is 78.5 Å². The van der Waals surface area contributed by atoms with Crippen LogP contribution in [0.4, 0.5) is 0 Å². The number of phenolic OH excluding ortho intramolecular Hbond substituents is 1. The zero-order chi connectivity index (χ0) is 14.8. The Labute approximate surface area is 140 Å². The van der Waals surface area contributed by atoms with Crippen LogP contribution < -0.4 is 0 Å². The summed E-state index contributed by atoms with van der Waals surface area (Å²) >= 11 is 2.46. The molecule has 21 heavy (non-hydrogen) atoms. The van der Waals surface area contributed by atoms with Crippen LogP contribution in [0, 0.1) is 17.3 Å². The van der Waals surface area contributed by atoms with E-state index in [1.807, 2.05) is 12.1 Å². The maximum absolute atomic E-state index is 10.6. The Hall–Kier alpha value is -0.290. The minimum atomic E-state index is -0.134. The minimum absolute atomic E-state index is 0.126. The van der Waals surface area contributed by atoms with Crippen molar-refractivity contribution < 1.29 is 10.2 Å². The molecule has 0 radical (unpaired) electrons. The largest absolute Gasteiger partial charge is 0.508 e. The molecule has 0 unspecified atom stereocenters. The molecule has 0 heterocycles. The molecule has 1 aromatic carbocycles. The number of hydrogen-bond acceptors (Lipinski definition) is 2. The number of aliphatic hydroxyl groups excluding tert-OH is 1. The van der Waals surface area contributed by atoms with Crippen LogP contribution >= 0.6 is 22.6 Å². The van der Waals surface area contributed by atoms with Gasteiger partial charge in [-0.15, -0.1) is 0 Å². The molecule has 4 rings (SSSR count). The van der Waals surface area contributed by atoms with Gasteiger partial charge in [0.25, 0.3) is 0 Å². The van der Waals surface area contributed by atoms with E-state index in [2.05, 4.69) is 35.6 Å². The van der Waals surface area contributed by atoms with E-state index in [1.165, 1.54) is 30.4 Å². The first kappa shape index (κ1) is 14.3. The number of phenols is 1. The molecule has 3 aliphatic carbocycles. The standard InChI is InChI=1S/C18H23IO2/c1-18-7-6-13-12-5-3-11(20)8-10(12)2-4-14(13)15(18)9-16(19)17(18)21/h3,5,8,13-17,20-21H,2,4,6-7,9H2,1H3/t13-,14-,15+,16-,17+,18+/m1/s1. The summed E-state index contributed by atoms with van der Waals surface area (Å²) in [7, 11) is 0. The fourth-order valence-electron chi connectivity index (χ4n) is 5.51. The Morgan fingerprint density at radius 1 is 1.29 bits per heavy atom. The number of fused-ring (bicyclic) bond motifs is 5. The average Bonchev–Trinajstić information content (AvgIpc) is 2.70. The maximum atomic E-state index is 10.6. The van der Waals surface area contributed by atoms with Crippen molar-refractivity contribution in [3.05, 3.63) is 29.3 Å². The first-order valence-electron chi connectivity index (χ1n) is 8.14. The molecule has 0 saturated heterocycles. The fraction of sp³-hybridized carbons (Fsp3) is 0.667. The van der Waals surface area contributed by atoms with Gasteiger partial charge in [0.15, 0.2) is 0 Å². The number of alkyl halides is 1. The van der Waals surface area contributed by atoms with Crippen LogP contribution in [0.1, 0.15) is 49.7 Å². The van der Waals surface area contributed by atoms with Crippen molar-refractivity contribution >= 4 is 22.6 Å². The van der Waals surface area contributed by atoms with Crippen LogP contribution in [0.3, 0.4) is 0 Å². The Morgan fingerprint density at radius 3 is 2.90 bits per heavy atom. The van der Waals surface area contributed by atoms with Gasteiger partial charge in [-0.3, -0.25) is 0 Å². The zero-order valence-electron chi connectivity index (χ0n) is 12.4. The average molecular weight is 398 g/mol. The van der Waals surface area contributed by atoms with E-state index >= 15 is 0 Å². The van der Waals surface area contributed by atoms with Crippen LogP contribution in [0.5, 0.6) is 5.75 Å². The molecule has 114 valence electrons. The lowest BCUT2D eigenvalue weighted by Crippen LogP contribution is -2.44. The summed E-state index contributed by atoms with van der Waals surface area (Å²) in [5, 5.41) is 20.3. The molecular weight excluding hydrogens is 375 g/mol. The molecular formula is C18H23IO2. The predicted octanol–water partition coefficient (Wildman–Crippen LogP) is 4.02. The van der Waals surface area contributed by atoms with Gasteiger partial charge in [-0.1, -0.05) is 35.6 Å². The summed E-state index contributed by atoms with van der Waals surface area (Å²) < 4.78 is 0.414. The quantitative estimate of drug-likeness (QED) is 0.512. The molecule has 3 heteroatoms. The van der Waals surface area contributed by atoms with Crippen LogP contribution in [0.25, 0.3) is 0 Å². The van der Waals surface area contributed by atoms with E-state index in [-0.39, 0.29) is 11.5 Å². The first-order valence-corrected chi connectivity index (χ1v) is 9.39. The van der Waals surface area contributed by atoms with E-state index in [0.29, 0.717) is 21.5 Å². The molecule has 6 atom stereocenters. The number of halogens is 1. The van der Waals surface area contributed by atoms with E-state index in [4.69, 9.17) is 0 Å². The fourth-order valence-corrected chi connectivity index (χ4v) is 6.88. The SMILES string of the molecule is C[C@]12CC[C@@H]3c4ccc(O)cc4CC[C@H]3[C@@H]1C[C@@H](I)[C@@H]2O. The van der Waals surface area contributed by atoms with Crippen LogP contribution in [-0.2, 0) is 6.42 Å². The molecule has 2 saturated carbocycles. The van der Waals surface area contributed by atoms with Gasteiger partial charge in [-0.2, -0.15) is 0 Å². The third-order valence-electron chi connectivity index (χ3n) is 6.65. The first-order chi connectivity index (χ1) is 10.0. The van der Waals surface area contributed by atoms with Gasteiger partial charge in [0.1, 0.15) is 5.75 Å². The van der Waals surface area contributed by atoms with Crippen LogP contribution in [-0.4, -0.2) is 20.2 Å². The molecule has 2 fully saturated rings. The lowest BCUT2D eigenvalue weighted by Gasteiger charge is -2.50. The highest BCUT2D eigenvalue weighted by atomic mass is 127. The van der Waals surface area contributed by atoms with Gasteiger partial charge in [0, 0.05) is 3.92 Å². The van der Waals surface area contributed by atoms with Crippen LogP contribution in [0.15, 0.2) is 18.2 Å². The van der Waals surface area contributed by atoms with Gasteiger partial charge in [-0.25, -0.2) is 0 Å². The lowest BCUT2D eigenvalue weighted by atomic mass is 9.55. The van der Waals surface area contributed by atoms with Gasteiger partial charge in [0.2, 0.25) is 0 Å². The molecule has 0 spiro atoms. The summed E-state index contributed by atoms with van der Waals surface area (Å²) in [5.74, 6) is 2.42. The number of benzene rings is 1. The Kier molecular flexibility index (Phi) is 3.31. The molecule has 0 aliphatic heterocycles. The smallest absolute Gasteiger partial charge is 0.115 e. The summed E-state index contributed by atoms with van der Waals surface area (Å²) in [6.45, 7) is 2.32. The van der Waals surface area contributed by atoms with Crippen molar-refractivity contribution in [2.75, 3.05) is 0 Å². The summed E-state index contributed by atoms with van der Waals surface area (Å²) in [6.07, 6.45) is 5.67. The third kappa shape index (κ3) is 1.99. The normalized spacial score (nSPS) is 44.8. The minimum Gasteiger partial charge on any atom is -0.508 e. The molecule has 3 aliphatic rings. The maximum Gasteiger partial charge on any atom is 0.115 e. The van der Waals surface area contributed by atoms with E-state index in [1.54, 1.807) is 0 Å².